The van der Waals surface area contributed by atoms with Crippen LogP contribution in [0.2, 0.25) is 0 Å². The second-order valence-electron chi connectivity index (χ2n) is 3.40. The molecule has 0 amide bonds. The van der Waals surface area contributed by atoms with E-state index in [1.54, 1.807) is 6.92 Å². The Kier molecular flexibility index (Phi) is 4.42. The third-order valence-electron chi connectivity index (χ3n) is 2.25. The van der Waals surface area contributed by atoms with Gasteiger partial charge >= 0.3 is 5.97 Å². The highest BCUT2D eigenvalue weighted by molar-refractivity contribution is 8.13. The molecule has 1 fully saturated rings. The molecule has 7 heteroatoms. The van der Waals surface area contributed by atoms with E-state index in [0.717, 1.165) is 12.2 Å². The summed E-state index contributed by atoms with van der Waals surface area (Å²) in [6.45, 7) is 1.64. The Labute approximate surface area is 93.7 Å². The van der Waals surface area contributed by atoms with Crippen LogP contribution in [-0.4, -0.2) is 35.9 Å². The molecular formula is C8H15NO4S2. The highest BCUT2D eigenvalue weighted by atomic mass is 32.3. The first-order valence-electron chi connectivity index (χ1n) is 4.83. The molecule has 2 atom stereocenters. The first-order valence-corrected chi connectivity index (χ1v) is 7.42. The van der Waals surface area contributed by atoms with Gasteiger partial charge in [0.25, 0.3) is 0 Å². The van der Waals surface area contributed by atoms with Gasteiger partial charge in [-0.2, -0.15) is 4.72 Å². The minimum atomic E-state index is -3.48. The molecule has 0 spiro atoms. The van der Waals surface area contributed by atoms with Gasteiger partial charge in [0.2, 0.25) is 10.0 Å². The summed E-state index contributed by atoms with van der Waals surface area (Å²) in [5, 5.41) is 8.75. The maximum Gasteiger partial charge on any atom is 0.321 e. The maximum atomic E-state index is 11.7. The van der Waals surface area contributed by atoms with Gasteiger partial charge in [-0.25, -0.2) is 8.42 Å². The second-order valence-corrected chi connectivity index (χ2v) is 6.91. The van der Waals surface area contributed by atoms with E-state index in [2.05, 4.69) is 4.72 Å². The van der Waals surface area contributed by atoms with Crippen LogP contribution in [0.5, 0.6) is 0 Å². The van der Waals surface area contributed by atoms with Crippen molar-refractivity contribution >= 4 is 27.8 Å². The average molecular weight is 253 g/mol. The average Bonchev–Trinajstić information content (AvgIpc) is 2.67. The van der Waals surface area contributed by atoms with Crippen LogP contribution >= 0.6 is 11.8 Å². The molecule has 0 aromatic rings. The van der Waals surface area contributed by atoms with Crippen molar-refractivity contribution < 1.29 is 18.3 Å². The van der Waals surface area contributed by atoms with Crippen LogP contribution in [0.25, 0.3) is 0 Å². The van der Waals surface area contributed by atoms with E-state index in [9.17, 15) is 13.2 Å². The van der Waals surface area contributed by atoms with E-state index >= 15 is 0 Å². The molecule has 1 aliphatic heterocycles. The largest absolute Gasteiger partial charge is 0.480 e. The van der Waals surface area contributed by atoms with Crippen molar-refractivity contribution in [2.24, 2.45) is 0 Å². The molecule has 0 aromatic heterocycles. The Morgan fingerprint density at radius 2 is 2.33 bits per heavy atom. The molecule has 0 aromatic carbocycles. The summed E-state index contributed by atoms with van der Waals surface area (Å²) in [5.41, 5.74) is 0. The van der Waals surface area contributed by atoms with Crippen molar-refractivity contribution in [3.05, 3.63) is 0 Å². The van der Waals surface area contributed by atoms with Gasteiger partial charge in [0.15, 0.2) is 0 Å². The summed E-state index contributed by atoms with van der Waals surface area (Å²) in [5.74, 6) is -0.292. The highest BCUT2D eigenvalue weighted by Gasteiger charge is 2.32. The third-order valence-corrected chi connectivity index (χ3v) is 6.09. The lowest BCUT2D eigenvalue weighted by molar-refractivity contribution is -0.139. The van der Waals surface area contributed by atoms with Crippen molar-refractivity contribution in [2.45, 2.75) is 36.8 Å². The fourth-order valence-electron chi connectivity index (χ4n) is 1.38. The molecule has 1 saturated heterocycles. The molecule has 5 nitrogen and oxygen atoms in total. The quantitative estimate of drug-likeness (QED) is 0.750. The van der Waals surface area contributed by atoms with Crippen LogP contribution in [-0.2, 0) is 14.8 Å². The number of hydrogen-bond donors (Lipinski definition) is 2. The van der Waals surface area contributed by atoms with Gasteiger partial charge in [0.1, 0.15) is 10.6 Å². The SMILES string of the molecule is CCC(NS(=O)(=O)C1CCCS1)C(=O)O. The standard InChI is InChI=1S/C8H15NO4S2/c1-2-6(8(10)11)9-15(12,13)7-4-3-5-14-7/h6-7,9H,2-5H2,1H3,(H,10,11). The molecule has 0 bridgehead atoms. The van der Waals surface area contributed by atoms with E-state index < -0.39 is 26.6 Å². The zero-order valence-electron chi connectivity index (χ0n) is 8.47. The first kappa shape index (κ1) is 12.8. The lowest BCUT2D eigenvalue weighted by Gasteiger charge is -2.16. The van der Waals surface area contributed by atoms with Gasteiger partial charge in [-0.1, -0.05) is 6.92 Å². The highest BCUT2D eigenvalue weighted by Crippen LogP contribution is 2.29. The molecular weight excluding hydrogens is 238 g/mol. The number of sulfonamides is 1. The molecule has 0 saturated carbocycles. The predicted molar refractivity (Wildman–Crippen MR) is 59.3 cm³/mol. The number of aliphatic carboxylic acids is 1. The van der Waals surface area contributed by atoms with Crippen molar-refractivity contribution in [1.82, 2.24) is 4.72 Å². The van der Waals surface area contributed by atoms with Gasteiger partial charge in [0.05, 0.1) is 0 Å². The van der Waals surface area contributed by atoms with Gasteiger partial charge < -0.3 is 5.11 Å². The first-order chi connectivity index (χ1) is 6.97. The molecule has 1 heterocycles. The van der Waals surface area contributed by atoms with E-state index in [0.29, 0.717) is 6.42 Å². The zero-order chi connectivity index (χ0) is 11.5. The second kappa shape index (κ2) is 5.18. The smallest absolute Gasteiger partial charge is 0.321 e. The maximum absolute atomic E-state index is 11.7. The molecule has 0 radical (unpaired) electrons. The zero-order valence-corrected chi connectivity index (χ0v) is 10.1. The normalized spacial score (nSPS) is 23.9. The van der Waals surface area contributed by atoms with Gasteiger partial charge in [-0.05, 0) is 25.0 Å². The van der Waals surface area contributed by atoms with Gasteiger partial charge in [-0.3, -0.25) is 4.79 Å². The number of carbonyl (C=O) groups is 1. The van der Waals surface area contributed by atoms with Crippen LogP contribution in [0.4, 0.5) is 0 Å². The Balaban J connectivity index is 2.65. The third kappa shape index (κ3) is 3.35. The molecule has 1 rings (SSSR count). The van der Waals surface area contributed by atoms with E-state index in [4.69, 9.17) is 5.11 Å². The summed E-state index contributed by atoms with van der Waals surface area (Å²) in [4.78, 5) is 10.7. The van der Waals surface area contributed by atoms with Gasteiger partial charge in [-0.15, -0.1) is 11.8 Å². The van der Waals surface area contributed by atoms with Crippen molar-refractivity contribution in [2.75, 3.05) is 5.75 Å². The van der Waals surface area contributed by atoms with Crippen molar-refractivity contribution in [1.29, 1.82) is 0 Å². The van der Waals surface area contributed by atoms with Crippen LogP contribution in [0.1, 0.15) is 26.2 Å². The van der Waals surface area contributed by atoms with Crippen molar-refractivity contribution in [3.63, 3.8) is 0 Å². The van der Waals surface area contributed by atoms with Crippen molar-refractivity contribution in [3.8, 4) is 0 Å². The lowest BCUT2D eigenvalue weighted by atomic mass is 10.2. The van der Waals surface area contributed by atoms with Gasteiger partial charge in [0, 0.05) is 0 Å². The van der Waals surface area contributed by atoms with E-state index in [1.165, 1.54) is 11.8 Å². The van der Waals surface area contributed by atoms with Crippen LogP contribution in [0, 0.1) is 0 Å². The van der Waals surface area contributed by atoms with Crippen LogP contribution in [0.15, 0.2) is 0 Å². The Morgan fingerprint density at radius 1 is 1.67 bits per heavy atom. The number of thioether (sulfide) groups is 1. The molecule has 0 aliphatic carbocycles. The summed E-state index contributed by atoms with van der Waals surface area (Å²) in [6, 6.07) is -1.00. The summed E-state index contributed by atoms with van der Waals surface area (Å²) < 4.78 is 25.2. The molecule has 2 unspecified atom stereocenters. The Hall–Kier alpha value is -0.270. The molecule has 1 aliphatic rings. The number of carboxylic acids is 1. The Morgan fingerprint density at radius 3 is 2.73 bits per heavy atom. The number of carboxylic acid groups (broad SMARTS) is 1. The predicted octanol–water partition coefficient (Wildman–Crippen LogP) is 0.622. The Bertz CT molecular complexity index is 322. The minimum Gasteiger partial charge on any atom is -0.480 e. The fraction of sp³-hybridized carbons (Fsp3) is 0.875. The number of nitrogens with one attached hydrogen (secondary N) is 1. The summed E-state index contributed by atoms with van der Waals surface area (Å²) >= 11 is 1.37. The number of hydrogen-bond acceptors (Lipinski definition) is 4. The lowest BCUT2D eigenvalue weighted by Crippen LogP contribution is -2.43. The molecule has 88 valence electrons. The van der Waals surface area contributed by atoms with E-state index in [-0.39, 0.29) is 6.42 Å². The molecule has 2 N–H and O–H groups in total. The number of rotatable bonds is 5. The summed E-state index contributed by atoms with van der Waals surface area (Å²) in [7, 11) is -3.48. The van der Waals surface area contributed by atoms with E-state index in [1.807, 2.05) is 0 Å². The monoisotopic (exact) mass is 253 g/mol. The minimum absolute atomic E-state index is 0.256. The fourth-order valence-corrected chi connectivity index (χ4v) is 4.77. The van der Waals surface area contributed by atoms with Crippen LogP contribution in [0.3, 0.4) is 0 Å². The molecule has 15 heavy (non-hydrogen) atoms. The topological polar surface area (TPSA) is 83.5 Å². The van der Waals surface area contributed by atoms with Crippen LogP contribution < -0.4 is 4.72 Å². The summed E-state index contributed by atoms with van der Waals surface area (Å²) in [6.07, 6.45) is 1.74.